The Kier molecular flexibility index (Phi) is 3.20. The Labute approximate surface area is 83.1 Å². The van der Waals surface area contributed by atoms with E-state index in [0.717, 1.165) is 23.4 Å². The third-order valence-electron chi connectivity index (χ3n) is 1.90. The van der Waals surface area contributed by atoms with Crippen molar-refractivity contribution in [2.45, 2.75) is 13.0 Å². The summed E-state index contributed by atoms with van der Waals surface area (Å²) in [5.41, 5.74) is 1.29. The van der Waals surface area contributed by atoms with Crippen LogP contribution in [-0.2, 0) is 13.0 Å². The van der Waals surface area contributed by atoms with Crippen molar-refractivity contribution in [1.82, 2.24) is 9.88 Å². The Bertz CT molecular complexity index is 276. The molecule has 2 nitrogen and oxygen atoms in total. The minimum atomic E-state index is 0. The summed E-state index contributed by atoms with van der Waals surface area (Å²) in [6.07, 6.45) is 1.11. The summed E-state index contributed by atoms with van der Waals surface area (Å²) < 4.78 is 1.03. The minimum Gasteiger partial charge on any atom is -0.301 e. The van der Waals surface area contributed by atoms with Gasteiger partial charge in [0.25, 0.3) is 0 Å². The van der Waals surface area contributed by atoms with Crippen LogP contribution in [0, 0.1) is 0 Å². The van der Waals surface area contributed by atoms with Crippen molar-refractivity contribution >= 4 is 27.3 Å². The van der Waals surface area contributed by atoms with E-state index >= 15 is 0 Å². The highest BCUT2D eigenvalue weighted by atomic mass is 79.9. The predicted octanol–water partition coefficient (Wildman–Crippen LogP) is 2.05. The molecule has 1 aliphatic rings. The maximum absolute atomic E-state index is 4.39. The fraction of sp³-hybridized carbons (Fsp3) is 0.571. The van der Waals surface area contributed by atoms with Crippen LogP contribution in [0.2, 0.25) is 0 Å². The van der Waals surface area contributed by atoms with Crippen LogP contribution >= 0.6 is 27.3 Å². The summed E-state index contributed by atoms with van der Waals surface area (Å²) in [5, 5.41) is 0. The summed E-state index contributed by atoms with van der Waals surface area (Å²) in [6.45, 7) is 2.21. The van der Waals surface area contributed by atoms with Crippen molar-refractivity contribution in [3.63, 3.8) is 0 Å². The third-order valence-corrected chi connectivity index (χ3v) is 3.43. The molecule has 0 aromatic carbocycles. The van der Waals surface area contributed by atoms with Gasteiger partial charge in [-0.15, -0.1) is 11.3 Å². The molecule has 0 amide bonds. The molecule has 0 spiro atoms. The molecule has 1 aromatic heterocycles. The number of hydrogen-bond donors (Lipinski definition) is 0. The Hall–Kier alpha value is -0.0000000000000000278. The average Bonchev–Trinajstić information content (AvgIpc) is 2.27. The second-order valence-corrected chi connectivity index (χ2v) is 5.18. The topological polar surface area (TPSA) is 16.1 Å². The molecule has 0 saturated heterocycles. The van der Waals surface area contributed by atoms with Gasteiger partial charge in [0.15, 0.2) is 3.92 Å². The van der Waals surface area contributed by atoms with Gasteiger partial charge in [-0.1, -0.05) is 0 Å². The Balaban J connectivity index is 0.000000720. The van der Waals surface area contributed by atoms with Crippen molar-refractivity contribution in [3.05, 3.63) is 14.5 Å². The lowest BCUT2D eigenvalue weighted by atomic mass is 10.2. The number of rotatable bonds is 0. The van der Waals surface area contributed by atoms with Gasteiger partial charge in [-0.05, 0) is 23.0 Å². The zero-order valence-electron chi connectivity index (χ0n) is 6.71. The summed E-state index contributed by atoms with van der Waals surface area (Å²) in [6, 6.07) is 0. The largest absolute Gasteiger partial charge is 0.301 e. The average molecular weight is 253 g/mol. The first-order chi connectivity index (χ1) is 5.25. The van der Waals surface area contributed by atoms with Crippen molar-refractivity contribution in [2.75, 3.05) is 13.6 Å². The molecular formula is C7H10BrFN2S. The highest BCUT2D eigenvalue weighted by Crippen LogP contribution is 2.27. The van der Waals surface area contributed by atoms with Crippen molar-refractivity contribution in [1.29, 1.82) is 0 Å². The van der Waals surface area contributed by atoms with Crippen LogP contribution in [0.4, 0.5) is 4.70 Å². The Morgan fingerprint density at radius 1 is 1.58 bits per heavy atom. The summed E-state index contributed by atoms with van der Waals surface area (Å²) in [4.78, 5) is 8.14. The highest BCUT2D eigenvalue weighted by Gasteiger charge is 2.16. The van der Waals surface area contributed by atoms with Crippen LogP contribution < -0.4 is 0 Å². The summed E-state index contributed by atoms with van der Waals surface area (Å²) >= 11 is 5.16. The molecule has 0 atom stereocenters. The number of likely N-dealkylation sites (N-methyl/N-ethyl adjacent to an activating group) is 1. The van der Waals surface area contributed by atoms with Gasteiger partial charge in [0, 0.05) is 24.4 Å². The molecular weight excluding hydrogens is 243 g/mol. The SMILES string of the molecule is CN1CCc2nc(Br)sc2C1.F. The molecule has 68 valence electrons. The maximum atomic E-state index is 4.39. The quantitative estimate of drug-likeness (QED) is 0.703. The van der Waals surface area contributed by atoms with Crippen molar-refractivity contribution < 1.29 is 4.70 Å². The van der Waals surface area contributed by atoms with E-state index in [9.17, 15) is 0 Å². The lowest BCUT2D eigenvalue weighted by molar-refractivity contribution is 0.314. The zero-order valence-corrected chi connectivity index (χ0v) is 9.11. The van der Waals surface area contributed by atoms with Crippen LogP contribution in [0.1, 0.15) is 10.6 Å². The summed E-state index contributed by atoms with van der Waals surface area (Å²) in [7, 11) is 2.15. The van der Waals surface area contributed by atoms with Gasteiger partial charge in [-0.3, -0.25) is 4.70 Å². The van der Waals surface area contributed by atoms with Gasteiger partial charge >= 0.3 is 0 Å². The fourth-order valence-corrected chi connectivity index (χ4v) is 3.00. The fourth-order valence-electron chi connectivity index (χ4n) is 1.29. The van der Waals surface area contributed by atoms with Crippen LogP contribution in [0.15, 0.2) is 3.92 Å². The number of aromatic nitrogens is 1. The van der Waals surface area contributed by atoms with Gasteiger partial charge < -0.3 is 4.90 Å². The van der Waals surface area contributed by atoms with Gasteiger partial charge in [-0.2, -0.15) is 0 Å². The smallest absolute Gasteiger partial charge is 0.159 e. The van der Waals surface area contributed by atoms with E-state index in [-0.39, 0.29) is 4.70 Å². The van der Waals surface area contributed by atoms with Crippen LogP contribution in [0.3, 0.4) is 0 Å². The first-order valence-electron chi connectivity index (χ1n) is 3.58. The van der Waals surface area contributed by atoms with Gasteiger partial charge in [0.05, 0.1) is 5.69 Å². The van der Waals surface area contributed by atoms with Crippen LogP contribution in [0.25, 0.3) is 0 Å². The zero-order chi connectivity index (χ0) is 7.84. The van der Waals surface area contributed by atoms with E-state index in [1.807, 2.05) is 0 Å². The molecule has 2 heterocycles. The lowest BCUT2D eigenvalue weighted by Gasteiger charge is -2.20. The molecule has 1 aromatic rings. The molecule has 0 bridgehead atoms. The number of nitrogens with zero attached hydrogens (tertiary/aromatic N) is 2. The Morgan fingerprint density at radius 2 is 2.33 bits per heavy atom. The predicted molar refractivity (Wildman–Crippen MR) is 52.4 cm³/mol. The molecule has 0 N–H and O–H groups in total. The molecule has 2 rings (SSSR count). The monoisotopic (exact) mass is 252 g/mol. The first kappa shape index (κ1) is 10.1. The minimum absolute atomic E-state index is 0. The molecule has 0 fully saturated rings. The van der Waals surface area contributed by atoms with E-state index in [4.69, 9.17) is 0 Å². The molecule has 5 heteroatoms. The number of thiazole rings is 1. The molecule has 0 aliphatic carbocycles. The lowest BCUT2D eigenvalue weighted by Crippen LogP contribution is -2.25. The van der Waals surface area contributed by atoms with E-state index in [0.29, 0.717) is 0 Å². The summed E-state index contributed by atoms with van der Waals surface area (Å²) in [5.74, 6) is 0. The molecule has 1 aliphatic heterocycles. The van der Waals surface area contributed by atoms with E-state index in [2.05, 4.69) is 32.9 Å². The van der Waals surface area contributed by atoms with Gasteiger partial charge in [0.1, 0.15) is 0 Å². The van der Waals surface area contributed by atoms with Crippen LogP contribution in [0.5, 0.6) is 0 Å². The van der Waals surface area contributed by atoms with Gasteiger partial charge in [-0.25, -0.2) is 4.98 Å². The van der Waals surface area contributed by atoms with Crippen molar-refractivity contribution in [2.24, 2.45) is 0 Å². The highest BCUT2D eigenvalue weighted by molar-refractivity contribution is 9.11. The second-order valence-electron chi connectivity index (χ2n) is 2.82. The second kappa shape index (κ2) is 3.81. The number of halogens is 2. The first-order valence-corrected chi connectivity index (χ1v) is 5.19. The maximum Gasteiger partial charge on any atom is 0.159 e. The number of hydrogen-bond acceptors (Lipinski definition) is 3. The molecule has 0 unspecified atom stereocenters. The standard InChI is InChI=1S/C7H9BrN2S.FH/c1-10-3-2-5-6(4-10)11-7(8)9-5;/h2-4H2,1H3;1H. The van der Waals surface area contributed by atoms with Gasteiger partial charge in [0.2, 0.25) is 0 Å². The van der Waals surface area contributed by atoms with Crippen molar-refractivity contribution in [3.8, 4) is 0 Å². The molecule has 12 heavy (non-hydrogen) atoms. The van der Waals surface area contributed by atoms with Crippen LogP contribution in [-0.4, -0.2) is 23.5 Å². The van der Waals surface area contributed by atoms with E-state index in [1.54, 1.807) is 11.3 Å². The Morgan fingerprint density at radius 3 is 3.08 bits per heavy atom. The van der Waals surface area contributed by atoms with E-state index < -0.39 is 0 Å². The van der Waals surface area contributed by atoms with E-state index in [1.165, 1.54) is 10.6 Å². The normalized spacial score (nSPS) is 16.8. The number of fused-ring (bicyclic) bond motifs is 1. The molecule has 0 saturated carbocycles. The molecule has 0 radical (unpaired) electrons. The third kappa shape index (κ3) is 1.84.